The van der Waals surface area contributed by atoms with Gasteiger partial charge in [0, 0.05) is 23.2 Å². The highest BCUT2D eigenvalue weighted by Crippen LogP contribution is 2.29. The average Bonchev–Trinajstić information content (AvgIpc) is 2.39. The molecular weight excluding hydrogens is 354 g/mol. The fourth-order valence-corrected chi connectivity index (χ4v) is 2.28. The first-order valence-corrected chi connectivity index (χ1v) is 7.62. The number of benzene rings is 1. The Morgan fingerprint density at radius 2 is 1.90 bits per heavy atom. The molecule has 6 heteroatoms. The molecule has 21 heavy (non-hydrogen) atoms. The lowest BCUT2D eigenvalue weighted by Gasteiger charge is -2.18. The van der Waals surface area contributed by atoms with Crippen molar-refractivity contribution >= 4 is 39.0 Å². The molecule has 0 fully saturated rings. The SMILES string of the molecule is COc1cc(Nc2cc(Br)nc(C(C)(C)C)n2)ccc1Cl. The second kappa shape index (κ2) is 6.20. The van der Waals surface area contributed by atoms with E-state index in [2.05, 4.69) is 52.0 Å². The minimum absolute atomic E-state index is 0.127. The third kappa shape index (κ3) is 4.08. The van der Waals surface area contributed by atoms with Crippen molar-refractivity contribution in [1.29, 1.82) is 0 Å². The van der Waals surface area contributed by atoms with Gasteiger partial charge in [0.2, 0.25) is 0 Å². The summed E-state index contributed by atoms with van der Waals surface area (Å²) >= 11 is 9.45. The number of halogens is 2. The van der Waals surface area contributed by atoms with E-state index in [4.69, 9.17) is 16.3 Å². The Labute approximate surface area is 138 Å². The normalized spacial score (nSPS) is 11.3. The van der Waals surface area contributed by atoms with Gasteiger partial charge in [-0.3, -0.25) is 0 Å². The van der Waals surface area contributed by atoms with Crippen molar-refractivity contribution in [2.24, 2.45) is 0 Å². The summed E-state index contributed by atoms with van der Waals surface area (Å²) in [6.07, 6.45) is 0. The first-order chi connectivity index (χ1) is 9.79. The number of nitrogens with one attached hydrogen (secondary N) is 1. The molecule has 1 aromatic heterocycles. The van der Waals surface area contributed by atoms with Crippen LogP contribution in [0.1, 0.15) is 26.6 Å². The number of hydrogen-bond acceptors (Lipinski definition) is 4. The summed E-state index contributed by atoms with van der Waals surface area (Å²) in [4.78, 5) is 8.97. The molecule has 0 aliphatic heterocycles. The molecule has 2 aromatic rings. The fourth-order valence-electron chi connectivity index (χ4n) is 1.70. The number of aromatic nitrogens is 2. The topological polar surface area (TPSA) is 47.0 Å². The predicted molar refractivity (Wildman–Crippen MR) is 89.7 cm³/mol. The molecule has 0 amide bonds. The molecule has 4 nitrogen and oxygen atoms in total. The van der Waals surface area contributed by atoms with E-state index in [0.717, 1.165) is 16.1 Å². The Hall–Kier alpha value is -1.33. The summed E-state index contributed by atoms with van der Waals surface area (Å²) in [5.41, 5.74) is 0.722. The van der Waals surface area contributed by atoms with Gasteiger partial charge in [-0.2, -0.15) is 0 Å². The number of anilines is 2. The van der Waals surface area contributed by atoms with E-state index in [1.165, 1.54) is 0 Å². The Kier molecular flexibility index (Phi) is 4.74. The first-order valence-electron chi connectivity index (χ1n) is 6.45. The number of nitrogens with zero attached hydrogens (tertiary/aromatic N) is 2. The van der Waals surface area contributed by atoms with Crippen LogP contribution in [-0.4, -0.2) is 17.1 Å². The summed E-state index contributed by atoms with van der Waals surface area (Å²) in [5.74, 6) is 2.09. The standard InChI is InChI=1S/C15H17BrClN3O/c1-15(2,3)14-19-12(16)8-13(20-14)18-9-5-6-10(17)11(7-9)21-4/h5-8H,1-4H3,(H,18,19,20). The molecule has 0 aliphatic rings. The molecule has 1 N–H and O–H groups in total. The highest BCUT2D eigenvalue weighted by Gasteiger charge is 2.18. The van der Waals surface area contributed by atoms with Crippen LogP contribution < -0.4 is 10.1 Å². The zero-order valence-corrected chi connectivity index (χ0v) is 14.7. The van der Waals surface area contributed by atoms with Gasteiger partial charge < -0.3 is 10.1 Å². The van der Waals surface area contributed by atoms with Crippen molar-refractivity contribution in [1.82, 2.24) is 9.97 Å². The maximum absolute atomic E-state index is 6.02. The van der Waals surface area contributed by atoms with E-state index < -0.39 is 0 Å². The van der Waals surface area contributed by atoms with Crippen molar-refractivity contribution in [3.63, 3.8) is 0 Å². The third-order valence-electron chi connectivity index (χ3n) is 2.79. The molecule has 0 radical (unpaired) electrons. The number of rotatable bonds is 3. The lowest BCUT2D eigenvalue weighted by atomic mass is 9.96. The highest BCUT2D eigenvalue weighted by atomic mass is 79.9. The minimum atomic E-state index is -0.127. The van der Waals surface area contributed by atoms with E-state index in [9.17, 15) is 0 Å². The molecule has 112 valence electrons. The number of hydrogen-bond donors (Lipinski definition) is 1. The Morgan fingerprint density at radius 1 is 1.19 bits per heavy atom. The second-order valence-corrected chi connectivity index (χ2v) is 6.84. The minimum Gasteiger partial charge on any atom is -0.495 e. The van der Waals surface area contributed by atoms with Gasteiger partial charge in [0.1, 0.15) is 22.0 Å². The van der Waals surface area contributed by atoms with E-state index in [-0.39, 0.29) is 5.41 Å². The van der Waals surface area contributed by atoms with Crippen LogP contribution >= 0.6 is 27.5 Å². The Morgan fingerprint density at radius 3 is 2.52 bits per heavy atom. The van der Waals surface area contributed by atoms with Crippen LogP contribution in [0.2, 0.25) is 5.02 Å². The molecule has 1 heterocycles. The maximum Gasteiger partial charge on any atom is 0.139 e. The van der Waals surface area contributed by atoms with Crippen molar-refractivity contribution in [3.05, 3.63) is 39.7 Å². The molecular formula is C15H17BrClN3O. The maximum atomic E-state index is 6.02. The first kappa shape index (κ1) is 16.0. The highest BCUT2D eigenvalue weighted by molar-refractivity contribution is 9.10. The van der Waals surface area contributed by atoms with Gasteiger partial charge >= 0.3 is 0 Å². The van der Waals surface area contributed by atoms with Crippen LogP contribution in [0.25, 0.3) is 0 Å². The van der Waals surface area contributed by atoms with E-state index in [1.54, 1.807) is 13.2 Å². The average molecular weight is 371 g/mol. The molecule has 0 bridgehead atoms. The van der Waals surface area contributed by atoms with E-state index >= 15 is 0 Å². The monoisotopic (exact) mass is 369 g/mol. The molecule has 0 atom stereocenters. The number of ether oxygens (including phenoxy) is 1. The quantitative estimate of drug-likeness (QED) is 0.777. The van der Waals surface area contributed by atoms with E-state index in [1.807, 2.05) is 18.2 Å². The number of methoxy groups -OCH3 is 1. The van der Waals surface area contributed by atoms with Crippen LogP contribution in [0.5, 0.6) is 5.75 Å². The summed E-state index contributed by atoms with van der Waals surface area (Å²) in [6, 6.07) is 7.31. The van der Waals surface area contributed by atoms with Gasteiger partial charge in [-0.15, -0.1) is 0 Å². The summed E-state index contributed by atoms with van der Waals surface area (Å²) < 4.78 is 5.95. The lowest BCUT2D eigenvalue weighted by Crippen LogP contribution is -2.16. The van der Waals surface area contributed by atoms with Crippen LogP contribution in [0, 0.1) is 0 Å². The third-order valence-corrected chi connectivity index (χ3v) is 3.51. The molecule has 2 rings (SSSR count). The van der Waals surface area contributed by atoms with Crippen LogP contribution in [0.15, 0.2) is 28.9 Å². The molecule has 0 spiro atoms. The molecule has 1 aromatic carbocycles. The predicted octanol–water partition coefficient (Wildman–Crippen LogP) is 4.94. The van der Waals surface area contributed by atoms with Gasteiger partial charge in [0.25, 0.3) is 0 Å². The smallest absolute Gasteiger partial charge is 0.139 e. The Bertz CT molecular complexity index is 656. The molecule has 0 saturated carbocycles. The zero-order chi connectivity index (χ0) is 15.6. The van der Waals surface area contributed by atoms with Crippen LogP contribution in [0.3, 0.4) is 0 Å². The van der Waals surface area contributed by atoms with Crippen molar-refractivity contribution < 1.29 is 4.74 Å². The van der Waals surface area contributed by atoms with Gasteiger partial charge in [0.05, 0.1) is 12.1 Å². The van der Waals surface area contributed by atoms with Crippen molar-refractivity contribution in [2.75, 3.05) is 12.4 Å². The summed E-state index contributed by atoms with van der Waals surface area (Å²) in [5, 5.41) is 3.81. The zero-order valence-electron chi connectivity index (χ0n) is 12.4. The second-order valence-electron chi connectivity index (χ2n) is 5.62. The summed E-state index contributed by atoms with van der Waals surface area (Å²) in [7, 11) is 1.59. The summed E-state index contributed by atoms with van der Waals surface area (Å²) in [6.45, 7) is 6.22. The van der Waals surface area contributed by atoms with Crippen molar-refractivity contribution in [3.8, 4) is 5.75 Å². The van der Waals surface area contributed by atoms with Crippen molar-refractivity contribution in [2.45, 2.75) is 26.2 Å². The molecule has 0 saturated heterocycles. The molecule has 0 unspecified atom stereocenters. The van der Waals surface area contributed by atoms with Crippen LogP contribution in [-0.2, 0) is 5.41 Å². The van der Waals surface area contributed by atoms with Gasteiger partial charge in [-0.25, -0.2) is 9.97 Å². The lowest BCUT2D eigenvalue weighted by molar-refractivity contribution is 0.415. The fraction of sp³-hybridized carbons (Fsp3) is 0.333. The van der Waals surface area contributed by atoms with Gasteiger partial charge in [-0.05, 0) is 28.1 Å². The van der Waals surface area contributed by atoms with Gasteiger partial charge in [-0.1, -0.05) is 32.4 Å². The van der Waals surface area contributed by atoms with Gasteiger partial charge in [0.15, 0.2) is 0 Å². The Balaban J connectivity index is 2.33. The molecule has 0 aliphatic carbocycles. The van der Waals surface area contributed by atoms with E-state index in [0.29, 0.717) is 16.6 Å². The largest absolute Gasteiger partial charge is 0.495 e. The van der Waals surface area contributed by atoms with Crippen LogP contribution in [0.4, 0.5) is 11.5 Å².